The molecule has 0 aromatic heterocycles. The first-order chi connectivity index (χ1) is 31.2. The lowest BCUT2D eigenvalue weighted by atomic mass is 10.1. The lowest BCUT2D eigenvalue weighted by Crippen LogP contribution is -2.08. The molecule has 4 N–H and O–H groups in total. The van der Waals surface area contributed by atoms with Gasteiger partial charge in [0.1, 0.15) is 22.9 Å². The van der Waals surface area contributed by atoms with E-state index in [-0.39, 0.29) is 35.0 Å². The van der Waals surface area contributed by atoms with E-state index in [1.807, 2.05) is 79.7 Å². The lowest BCUT2D eigenvalue weighted by Gasteiger charge is -2.10. The number of fused-ring (bicyclic) bond motifs is 3. The van der Waals surface area contributed by atoms with Gasteiger partial charge in [0, 0.05) is 39.0 Å². The van der Waals surface area contributed by atoms with Crippen LogP contribution >= 0.6 is 0 Å². The molecule has 65 heavy (non-hydrogen) atoms. The molecule has 0 radical (unpaired) electrons. The van der Waals surface area contributed by atoms with E-state index in [1.54, 1.807) is 48.5 Å². The van der Waals surface area contributed by atoms with Crippen LogP contribution in [0, 0.1) is 6.92 Å². The Bertz CT molecular complexity index is 3440. The third-order valence-corrected chi connectivity index (χ3v) is 11.9. The minimum absolute atomic E-state index is 0.0899. The molecule has 0 fully saturated rings. The van der Waals surface area contributed by atoms with Gasteiger partial charge in [-0.05, 0) is 121 Å². The summed E-state index contributed by atoms with van der Waals surface area (Å²) in [5, 5.41) is 44.8. The molecule has 328 valence electrons. The highest BCUT2D eigenvalue weighted by Crippen LogP contribution is 2.42. The predicted octanol–water partition coefficient (Wildman–Crippen LogP) is 13.1. The van der Waals surface area contributed by atoms with E-state index in [4.69, 9.17) is 14.0 Å². The van der Waals surface area contributed by atoms with Crippen LogP contribution in [0.15, 0.2) is 175 Å². The number of ether oxygens (including phenoxy) is 2. The monoisotopic (exact) mass is 909 g/mol. The first kappa shape index (κ1) is 44.0. The zero-order valence-electron chi connectivity index (χ0n) is 34.7. The van der Waals surface area contributed by atoms with Crippen LogP contribution in [0.2, 0.25) is 0 Å². The summed E-state index contributed by atoms with van der Waals surface area (Å²) >= 11 is 0. The molecule has 8 aromatic rings. The molecule has 0 saturated heterocycles. The molecule has 0 aliphatic rings. The highest BCUT2D eigenvalue weighted by molar-refractivity contribution is 7.86. The number of nitrogens with one attached hydrogen (secondary N) is 1. The zero-order chi connectivity index (χ0) is 45.7. The van der Waals surface area contributed by atoms with Gasteiger partial charge >= 0.3 is 0 Å². The van der Waals surface area contributed by atoms with Crippen LogP contribution in [0.1, 0.15) is 12.0 Å². The number of aromatic hydroxyl groups is 1. The van der Waals surface area contributed by atoms with Gasteiger partial charge in [0.15, 0.2) is 5.75 Å². The molecule has 0 aliphatic heterocycles. The second-order valence-corrected chi connectivity index (χ2v) is 17.7. The SMILES string of the molecule is COc1cc(N=Nc2ccc3c(OCCCS(=O)(=O)O)cccc3c2)c(C)cc1N=Nc1ccc(N=Nc2ccc3cc(Nc4ccccc4)ccc3c2O)c2cc(S(=O)(=O)O)ccc12. The molecule has 0 aliphatic carbocycles. The van der Waals surface area contributed by atoms with Crippen LogP contribution in [0.5, 0.6) is 17.2 Å². The minimum atomic E-state index is -4.59. The molecule has 0 heterocycles. The van der Waals surface area contributed by atoms with Gasteiger partial charge in [0.2, 0.25) is 0 Å². The number of methoxy groups -OCH3 is 1. The van der Waals surface area contributed by atoms with Crippen molar-refractivity contribution in [2.75, 3.05) is 24.8 Å². The fourth-order valence-corrected chi connectivity index (χ4v) is 7.96. The quantitative estimate of drug-likeness (QED) is 0.0431. The Kier molecular flexibility index (Phi) is 12.6. The number of aryl methyl sites for hydroxylation is 1. The van der Waals surface area contributed by atoms with Crippen molar-refractivity contribution >= 4 is 98.1 Å². The average molecular weight is 910 g/mol. The molecule has 0 saturated carbocycles. The van der Waals surface area contributed by atoms with E-state index in [0.29, 0.717) is 56.0 Å². The maximum atomic E-state index is 12.2. The fourth-order valence-electron chi connectivity index (χ4n) is 6.97. The lowest BCUT2D eigenvalue weighted by molar-refractivity contribution is 0.319. The third-order valence-electron chi connectivity index (χ3n) is 10.2. The summed E-state index contributed by atoms with van der Waals surface area (Å²) in [7, 11) is -7.18. The Morgan fingerprint density at radius 2 is 1.23 bits per heavy atom. The molecule has 18 heteroatoms. The summed E-state index contributed by atoms with van der Waals surface area (Å²) in [6.45, 7) is 1.94. The number of hydrogen-bond donors (Lipinski definition) is 4. The highest BCUT2D eigenvalue weighted by Gasteiger charge is 2.16. The largest absolute Gasteiger partial charge is 0.505 e. The Morgan fingerprint density at radius 1 is 0.554 bits per heavy atom. The van der Waals surface area contributed by atoms with Crippen molar-refractivity contribution in [3.63, 3.8) is 0 Å². The Balaban J connectivity index is 1.04. The van der Waals surface area contributed by atoms with Gasteiger partial charge in [-0.15, -0.1) is 20.5 Å². The van der Waals surface area contributed by atoms with Crippen molar-refractivity contribution in [2.45, 2.75) is 18.2 Å². The first-order valence-corrected chi connectivity index (χ1v) is 22.9. The molecule has 0 unspecified atom stereocenters. The average Bonchev–Trinajstić information content (AvgIpc) is 3.28. The maximum absolute atomic E-state index is 12.2. The summed E-state index contributed by atoms with van der Waals surface area (Å²) < 4.78 is 76.8. The van der Waals surface area contributed by atoms with Crippen LogP contribution < -0.4 is 14.8 Å². The van der Waals surface area contributed by atoms with Gasteiger partial charge in [-0.25, -0.2) is 0 Å². The van der Waals surface area contributed by atoms with Gasteiger partial charge in [-0.3, -0.25) is 9.11 Å². The van der Waals surface area contributed by atoms with Crippen molar-refractivity contribution in [3.05, 3.63) is 145 Å². The van der Waals surface area contributed by atoms with Crippen molar-refractivity contribution in [1.29, 1.82) is 0 Å². The van der Waals surface area contributed by atoms with Crippen LogP contribution in [0.3, 0.4) is 0 Å². The van der Waals surface area contributed by atoms with Crippen LogP contribution in [-0.4, -0.2) is 50.5 Å². The molecular formula is C47H39N7O9S2. The molecule has 8 rings (SSSR count). The number of phenols is 1. The number of nitrogens with zero attached hydrogens (tertiary/aromatic N) is 6. The molecule has 0 bridgehead atoms. The van der Waals surface area contributed by atoms with E-state index in [2.05, 4.69) is 36.0 Å². The van der Waals surface area contributed by atoms with E-state index >= 15 is 0 Å². The topological polar surface area (TPSA) is 234 Å². The zero-order valence-corrected chi connectivity index (χ0v) is 36.3. The van der Waals surface area contributed by atoms with Gasteiger partial charge < -0.3 is 19.9 Å². The van der Waals surface area contributed by atoms with Crippen molar-refractivity contribution in [1.82, 2.24) is 0 Å². The Labute approximate surface area is 373 Å². The van der Waals surface area contributed by atoms with Crippen LogP contribution in [0.4, 0.5) is 45.5 Å². The summed E-state index contributed by atoms with van der Waals surface area (Å²) in [4.78, 5) is -0.361. The fraction of sp³-hybridized carbons (Fsp3) is 0.106. The number of azo groups is 3. The smallest absolute Gasteiger partial charge is 0.294 e. The van der Waals surface area contributed by atoms with Gasteiger partial charge in [0.25, 0.3) is 20.2 Å². The van der Waals surface area contributed by atoms with E-state index < -0.39 is 26.0 Å². The van der Waals surface area contributed by atoms with Gasteiger partial charge in [-0.1, -0.05) is 42.5 Å². The molecule has 0 atom stereocenters. The second kappa shape index (κ2) is 18.6. The summed E-state index contributed by atoms with van der Waals surface area (Å²) in [5.74, 6) is 0.434. The summed E-state index contributed by atoms with van der Waals surface area (Å²) in [5.41, 5.74) is 4.69. The predicted molar refractivity (Wildman–Crippen MR) is 250 cm³/mol. The maximum Gasteiger partial charge on any atom is 0.294 e. The van der Waals surface area contributed by atoms with Gasteiger partial charge in [-0.2, -0.15) is 27.1 Å². The number of rotatable bonds is 15. The first-order valence-electron chi connectivity index (χ1n) is 19.9. The second-order valence-electron chi connectivity index (χ2n) is 14.7. The van der Waals surface area contributed by atoms with Crippen molar-refractivity contribution in [2.24, 2.45) is 30.7 Å². The number of para-hydroxylation sites is 1. The molecular weight excluding hydrogens is 871 g/mol. The number of hydrogen-bond acceptors (Lipinski definition) is 14. The normalized spacial score (nSPS) is 12.3. The molecule has 16 nitrogen and oxygen atoms in total. The standard InChI is InChI=1S/C47H39N7O9S2/c1-29-24-44(46(62-2)28-43(29)53-49-34-14-16-36-30(26-34)8-6-11-45(36)63-22-7-23-64(56,57)58)54-50-40-20-21-41(39-27-35(65(59,60)61)15-18-38(39)40)51-52-42-19-12-31-25-33(13-17-37(31)47(42)55)48-32-9-4-3-5-10-32/h3-6,8-21,24-28,48,55H,7,22-23H2,1-2H3,(H,56,57,58)(H,59,60,61). The van der Waals surface area contributed by atoms with Crippen LogP contribution in [0.25, 0.3) is 32.3 Å². The highest BCUT2D eigenvalue weighted by atomic mass is 32.2. The molecule has 0 spiro atoms. The van der Waals surface area contributed by atoms with Crippen molar-refractivity contribution < 1.29 is 40.5 Å². The van der Waals surface area contributed by atoms with E-state index in [9.17, 15) is 26.5 Å². The Morgan fingerprint density at radius 3 is 1.98 bits per heavy atom. The van der Waals surface area contributed by atoms with Crippen molar-refractivity contribution in [3.8, 4) is 17.2 Å². The van der Waals surface area contributed by atoms with E-state index in [0.717, 1.165) is 27.5 Å². The third kappa shape index (κ3) is 10.4. The number of phenolic OH excluding ortho intramolecular Hbond substituents is 1. The summed E-state index contributed by atoms with van der Waals surface area (Å²) in [6.07, 6.45) is 0.139. The molecule has 0 amide bonds. The number of benzene rings is 8. The Hall–Kier alpha value is -7.64. The number of anilines is 2. The van der Waals surface area contributed by atoms with Crippen LogP contribution in [-0.2, 0) is 20.2 Å². The minimum Gasteiger partial charge on any atom is -0.505 e. The van der Waals surface area contributed by atoms with Gasteiger partial charge in [0.05, 0.1) is 47.1 Å². The molecule has 8 aromatic carbocycles. The summed E-state index contributed by atoms with van der Waals surface area (Å²) in [6, 6.07) is 40.2. The van der Waals surface area contributed by atoms with E-state index in [1.165, 1.54) is 25.3 Å².